The van der Waals surface area contributed by atoms with Crippen LogP contribution in [0, 0.1) is 17.6 Å². The van der Waals surface area contributed by atoms with Crippen LogP contribution in [0.25, 0.3) is 0 Å². The van der Waals surface area contributed by atoms with Crippen LogP contribution in [0.2, 0.25) is 0 Å². The number of anilines is 2. The second kappa shape index (κ2) is 12.7. The van der Waals surface area contributed by atoms with E-state index in [0.717, 1.165) is 23.5 Å². The Morgan fingerprint density at radius 1 is 1.07 bits per heavy atom. The number of carbonyl (C=O) groups is 2. The third-order valence-electron chi connectivity index (χ3n) is 6.62. The van der Waals surface area contributed by atoms with Crippen LogP contribution in [0.4, 0.5) is 38.0 Å². The fraction of sp³-hybridized carbons (Fsp3) is 0.538. The second-order valence-corrected chi connectivity index (χ2v) is 9.97. The summed E-state index contributed by atoms with van der Waals surface area (Å²) in [5.74, 6) is -3.26. The quantitative estimate of drug-likeness (QED) is 0.482. The molecule has 0 aliphatic carbocycles. The number of carboxylic acids is 1. The van der Waals surface area contributed by atoms with Gasteiger partial charge in [0.2, 0.25) is 5.91 Å². The van der Waals surface area contributed by atoms with Gasteiger partial charge in [-0.3, -0.25) is 4.79 Å². The van der Waals surface area contributed by atoms with Crippen LogP contribution in [0.1, 0.15) is 56.7 Å². The molecular formula is C26H31F6N5O3. The van der Waals surface area contributed by atoms with Crippen molar-refractivity contribution in [2.24, 2.45) is 5.92 Å². The fourth-order valence-corrected chi connectivity index (χ4v) is 4.56. The Morgan fingerprint density at radius 3 is 2.23 bits per heavy atom. The van der Waals surface area contributed by atoms with Crippen LogP contribution in [0.3, 0.4) is 0 Å². The first-order valence-electron chi connectivity index (χ1n) is 12.7. The second-order valence-electron chi connectivity index (χ2n) is 9.97. The molecule has 1 amide bonds. The lowest BCUT2D eigenvalue weighted by Crippen LogP contribution is -2.39. The predicted octanol–water partition coefficient (Wildman–Crippen LogP) is 5.04. The summed E-state index contributed by atoms with van der Waals surface area (Å²) in [5, 5.41) is 10.5. The van der Waals surface area contributed by atoms with Gasteiger partial charge in [0.1, 0.15) is 17.8 Å². The summed E-state index contributed by atoms with van der Waals surface area (Å²) in [6, 6.07) is 3.18. The summed E-state index contributed by atoms with van der Waals surface area (Å²) in [6.45, 7) is 7.75. The number of alkyl halides is 4. The van der Waals surface area contributed by atoms with E-state index >= 15 is 4.39 Å². The molecule has 1 saturated heterocycles. The van der Waals surface area contributed by atoms with E-state index in [0.29, 0.717) is 57.1 Å². The molecule has 1 aromatic heterocycles. The van der Waals surface area contributed by atoms with Crippen molar-refractivity contribution in [1.82, 2.24) is 14.9 Å². The predicted molar refractivity (Wildman–Crippen MR) is 134 cm³/mol. The zero-order valence-electron chi connectivity index (χ0n) is 22.2. The van der Waals surface area contributed by atoms with Gasteiger partial charge < -0.3 is 20.2 Å². The zero-order valence-corrected chi connectivity index (χ0v) is 22.2. The lowest BCUT2D eigenvalue weighted by Gasteiger charge is -2.36. The van der Waals surface area contributed by atoms with Gasteiger partial charge >= 0.3 is 12.1 Å². The average molecular weight is 576 g/mol. The summed E-state index contributed by atoms with van der Waals surface area (Å²) >= 11 is 0. The Bertz CT molecular complexity index is 1220. The number of aromatic nitrogens is 2. The van der Waals surface area contributed by atoms with E-state index in [2.05, 4.69) is 10.2 Å². The van der Waals surface area contributed by atoms with E-state index in [4.69, 9.17) is 19.9 Å². The molecule has 40 heavy (non-hydrogen) atoms. The largest absolute Gasteiger partial charge is 0.490 e. The molecule has 4 rings (SSSR count). The van der Waals surface area contributed by atoms with Crippen molar-refractivity contribution in [1.29, 1.82) is 0 Å². The van der Waals surface area contributed by atoms with E-state index in [9.17, 15) is 26.7 Å². The number of nitrogens with zero attached hydrogens (tertiary/aromatic N) is 4. The number of fused-ring (bicyclic) bond motifs is 1. The number of rotatable bonds is 5. The molecule has 14 heteroatoms. The number of halogens is 6. The van der Waals surface area contributed by atoms with Crippen LogP contribution in [-0.2, 0) is 22.6 Å². The minimum Gasteiger partial charge on any atom is -0.475 e. The van der Waals surface area contributed by atoms with Gasteiger partial charge in [0.05, 0.1) is 17.9 Å². The van der Waals surface area contributed by atoms with Gasteiger partial charge in [-0.05, 0) is 38.7 Å². The number of nitrogens with one attached hydrogen (secondary N) is 1. The van der Waals surface area contributed by atoms with E-state index in [1.807, 2.05) is 13.8 Å². The Kier molecular flexibility index (Phi) is 9.85. The molecule has 1 atom stereocenters. The Balaban J connectivity index is 0.000000559. The Labute approximate surface area is 227 Å². The normalized spacial score (nSPS) is 16.6. The minimum absolute atomic E-state index is 0.0104. The van der Waals surface area contributed by atoms with Crippen LogP contribution in [0.5, 0.6) is 0 Å². The molecule has 1 unspecified atom stereocenters. The van der Waals surface area contributed by atoms with E-state index < -0.39 is 30.0 Å². The average Bonchev–Trinajstić information content (AvgIpc) is 2.87. The van der Waals surface area contributed by atoms with Gasteiger partial charge in [0, 0.05) is 50.7 Å². The van der Waals surface area contributed by atoms with Crippen molar-refractivity contribution in [3.05, 3.63) is 46.8 Å². The van der Waals surface area contributed by atoms with Gasteiger partial charge in [-0.2, -0.15) is 13.2 Å². The smallest absolute Gasteiger partial charge is 0.475 e. The van der Waals surface area contributed by atoms with Gasteiger partial charge in [-0.25, -0.2) is 27.9 Å². The topological polar surface area (TPSA) is 98.7 Å². The minimum atomic E-state index is -5.08. The number of piperidine rings is 1. The number of carboxylic acid groups (broad SMARTS) is 1. The molecule has 0 saturated carbocycles. The summed E-state index contributed by atoms with van der Waals surface area (Å²) in [6.07, 6.45) is -4.89. The van der Waals surface area contributed by atoms with Gasteiger partial charge in [0.25, 0.3) is 0 Å². The molecule has 1 fully saturated rings. The SMILES string of the molecule is CC(=O)N1CCc2nc(NC(C)C)c(N3CCC(C(F)c4ccc(F)cc4F)CC3)nc2C1.O=C(O)C(F)(F)F. The highest BCUT2D eigenvalue weighted by atomic mass is 19.4. The Hall–Kier alpha value is -3.58. The maximum absolute atomic E-state index is 15.1. The maximum Gasteiger partial charge on any atom is 0.490 e. The van der Waals surface area contributed by atoms with Crippen molar-refractivity contribution in [3.8, 4) is 0 Å². The first-order valence-corrected chi connectivity index (χ1v) is 12.7. The van der Waals surface area contributed by atoms with Gasteiger partial charge in [-0.15, -0.1) is 0 Å². The van der Waals surface area contributed by atoms with Crippen LogP contribution < -0.4 is 10.2 Å². The molecule has 2 aromatic rings. The number of aliphatic carboxylic acids is 1. The number of benzene rings is 1. The van der Waals surface area contributed by atoms with Crippen molar-refractivity contribution >= 4 is 23.5 Å². The maximum atomic E-state index is 15.1. The number of amides is 1. The molecule has 2 N–H and O–H groups in total. The highest BCUT2D eigenvalue weighted by Gasteiger charge is 2.38. The van der Waals surface area contributed by atoms with Crippen molar-refractivity contribution < 1.29 is 41.0 Å². The highest BCUT2D eigenvalue weighted by Crippen LogP contribution is 2.37. The molecule has 0 spiro atoms. The van der Waals surface area contributed by atoms with Crippen molar-refractivity contribution in [2.75, 3.05) is 29.9 Å². The highest BCUT2D eigenvalue weighted by molar-refractivity contribution is 5.74. The molecule has 3 heterocycles. The number of hydrogen-bond acceptors (Lipinski definition) is 6. The van der Waals surface area contributed by atoms with E-state index in [1.54, 1.807) is 11.8 Å². The molecule has 8 nitrogen and oxygen atoms in total. The lowest BCUT2D eigenvalue weighted by molar-refractivity contribution is -0.192. The third kappa shape index (κ3) is 7.75. The summed E-state index contributed by atoms with van der Waals surface area (Å²) < 4.78 is 74.1. The van der Waals surface area contributed by atoms with Crippen LogP contribution in [0.15, 0.2) is 18.2 Å². The van der Waals surface area contributed by atoms with Crippen molar-refractivity contribution in [3.63, 3.8) is 0 Å². The summed E-state index contributed by atoms with van der Waals surface area (Å²) in [4.78, 5) is 34.3. The monoisotopic (exact) mass is 575 g/mol. The zero-order chi connectivity index (χ0) is 29.8. The fourth-order valence-electron chi connectivity index (χ4n) is 4.56. The van der Waals surface area contributed by atoms with Crippen LogP contribution in [-0.4, -0.2) is 63.7 Å². The third-order valence-corrected chi connectivity index (χ3v) is 6.62. The molecule has 220 valence electrons. The summed E-state index contributed by atoms with van der Waals surface area (Å²) in [5.41, 5.74) is 1.60. The molecule has 1 aromatic carbocycles. The molecular weight excluding hydrogens is 544 g/mol. The molecule has 2 aliphatic rings. The van der Waals surface area contributed by atoms with Gasteiger partial charge in [-0.1, -0.05) is 6.07 Å². The summed E-state index contributed by atoms with van der Waals surface area (Å²) in [7, 11) is 0. The first-order chi connectivity index (χ1) is 18.7. The molecule has 0 radical (unpaired) electrons. The van der Waals surface area contributed by atoms with E-state index in [1.165, 1.54) is 6.07 Å². The lowest BCUT2D eigenvalue weighted by atomic mass is 9.88. The number of carbonyl (C=O) groups excluding carboxylic acids is 1. The first kappa shape index (κ1) is 31.0. The van der Waals surface area contributed by atoms with E-state index in [-0.39, 0.29) is 23.4 Å². The van der Waals surface area contributed by atoms with Gasteiger partial charge in [0.15, 0.2) is 11.6 Å². The Morgan fingerprint density at radius 2 is 1.70 bits per heavy atom. The molecule has 0 bridgehead atoms. The standard InChI is InChI=1S/C24H30F3N5O.C2HF3O2/c1-14(2)28-23-24(30-21-13-32(15(3)33)11-8-20(21)29-23)31-9-6-16(7-10-31)22(27)18-5-4-17(25)12-19(18)26;3-2(4,5)1(6)7/h4-5,12,14,16,22H,6-11,13H2,1-3H3,(H,28,29);(H,6,7). The number of hydrogen-bond donors (Lipinski definition) is 2. The van der Waals surface area contributed by atoms with Crippen molar-refractivity contribution in [2.45, 2.75) is 65.0 Å². The van der Waals surface area contributed by atoms with Crippen LogP contribution >= 0.6 is 0 Å². The molecule has 2 aliphatic heterocycles.